The lowest BCUT2D eigenvalue weighted by Gasteiger charge is -2.08. The van der Waals surface area contributed by atoms with Crippen molar-refractivity contribution in [2.45, 2.75) is 33.2 Å². The van der Waals surface area contributed by atoms with Gasteiger partial charge in [0, 0.05) is 22.9 Å². The third-order valence-electron chi connectivity index (χ3n) is 3.64. The monoisotopic (exact) mass is 327 g/mol. The van der Waals surface area contributed by atoms with Crippen LogP contribution in [0.15, 0.2) is 29.6 Å². The molecule has 0 aliphatic rings. The summed E-state index contributed by atoms with van der Waals surface area (Å²) in [4.78, 5) is 9.45. The molecule has 0 saturated carbocycles. The van der Waals surface area contributed by atoms with E-state index in [-0.39, 0.29) is 0 Å². The van der Waals surface area contributed by atoms with Crippen LogP contribution >= 0.6 is 11.3 Å². The molecule has 0 bridgehead atoms. The molecule has 4 nitrogen and oxygen atoms in total. The highest BCUT2D eigenvalue weighted by Crippen LogP contribution is 2.30. The van der Waals surface area contributed by atoms with Gasteiger partial charge in [-0.05, 0) is 44.0 Å². The Hall–Kier alpha value is -2.14. The number of hydrogen-bond acceptors (Lipinski definition) is 5. The van der Waals surface area contributed by atoms with Crippen LogP contribution in [-0.4, -0.2) is 23.1 Å². The number of methoxy groups -OCH3 is 1. The van der Waals surface area contributed by atoms with E-state index >= 15 is 0 Å². The summed E-state index contributed by atoms with van der Waals surface area (Å²) in [5, 5.41) is 7.48. The number of fused-ring (bicyclic) bond motifs is 1. The third-order valence-corrected chi connectivity index (χ3v) is 4.51. The quantitative estimate of drug-likeness (QED) is 0.734. The zero-order valence-corrected chi connectivity index (χ0v) is 14.7. The average molecular weight is 327 g/mol. The van der Waals surface area contributed by atoms with Gasteiger partial charge in [-0.2, -0.15) is 0 Å². The average Bonchev–Trinajstić information content (AvgIpc) is 3.00. The van der Waals surface area contributed by atoms with E-state index in [4.69, 9.17) is 9.72 Å². The first-order valence-corrected chi connectivity index (χ1v) is 8.68. The number of rotatable bonds is 5. The molecule has 2 heterocycles. The van der Waals surface area contributed by atoms with E-state index in [1.54, 1.807) is 18.4 Å². The van der Waals surface area contributed by atoms with E-state index in [0.717, 1.165) is 34.2 Å². The summed E-state index contributed by atoms with van der Waals surface area (Å²) in [6, 6.07) is 8.56. The molecule has 1 N–H and O–H groups in total. The molecule has 0 radical (unpaired) electrons. The summed E-state index contributed by atoms with van der Waals surface area (Å²) in [6.45, 7) is 6.37. The molecule has 0 fully saturated rings. The Morgan fingerprint density at radius 1 is 1.22 bits per heavy atom. The van der Waals surface area contributed by atoms with Crippen LogP contribution in [0, 0.1) is 0 Å². The third kappa shape index (κ3) is 3.29. The Morgan fingerprint density at radius 2 is 2.04 bits per heavy atom. The molecule has 5 heteroatoms. The highest BCUT2D eigenvalue weighted by atomic mass is 32.1. The van der Waals surface area contributed by atoms with Gasteiger partial charge in [-0.3, -0.25) is 0 Å². The fraction of sp³-hybridized carbons (Fsp3) is 0.333. The van der Waals surface area contributed by atoms with E-state index in [2.05, 4.69) is 43.2 Å². The normalized spacial score (nSPS) is 11.2. The van der Waals surface area contributed by atoms with Crippen LogP contribution in [0.1, 0.15) is 26.3 Å². The largest absolute Gasteiger partial charge is 0.497 e. The van der Waals surface area contributed by atoms with Gasteiger partial charge in [0.1, 0.15) is 16.6 Å². The summed E-state index contributed by atoms with van der Waals surface area (Å²) >= 11 is 1.61. The second-order valence-electron chi connectivity index (χ2n) is 5.74. The van der Waals surface area contributed by atoms with Crippen molar-refractivity contribution < 1.29 is 4.74 Å². The van der Waals surface area contributed by atoms with Crippen molar-refractivity contribution in [3.63, 3.8) is 0 Å². The van der Waals surface area contributed by atoms with Crippen molar-refractivity contribution in [3.05, 3.63) is 35.2 Å². The van der Waals surface area contributed by atoms with E-state index < -0.39 is 0 Å². The fourth-order valence-electron chi connectivity index (χ4n) is 2.56. The zero-order chi connectivity index (χ0) is 16.4. The van der Waals surface area contributed by atoms with Crippen molar-refractivity contribution in [1.82, 2.24) is 9.97 Å². The highest BCUT2D eigenvalue weighted by molar-refractivity contribution is 7.13. The van der Waals surface area contributed by atoms with Crippen LogP contribution in [0.2, 0.25) is 0 Å². The zero-order valence-electron chi connectivity index (χ0n) is 13.9. The molecule has 1 aromatic carbocycles. The van der Waals surface area contributed by atoms with Gasteiger partial charge in [0.15, 0.2) is 0 Å². The minimum absolute atomic E-state index is 0.366. The number of nitrogens with zero attached hydrogens (tertiary/aromatic N) is 2. The Kier molecular flexibility index (Phi) is 4.48. The Labute approximate surface area is 140 Å². The molecular formula is C18H21N3OS. The minimum Gasteiger partial charge on any atom is -0.497 e. The molecule has 0 spiro atoms. The first-order valence-electron chi connectivity index (χ1n) is 7.80. The van der Waals surface area contributed by atoms with Crippen molar-refractivity contribution in [2.24, 2.45) is 0 Å². The summed E-state index contributed by atoms with van der Waals surface area (Å²) in [5.41, 5.74) is 3.15. The number of hydrogen-bond donors (Lipinski definition) is 1. The van der Waals surface area contributed by atoms with Crippen molar-refractivity contribution in [1.29, 1.82) is 0 Å². The summed E-state index contributed by atoms with van der Waals surface area (Å²) in [6.07, 6.45) is 0.959. The second kappa shape index (κ2) is 6.54. The number of aryl methyl sites for hydroxylation is 1. The maximum absolute atomic E-state index is 5.33. The van der Waals surface area contributed by atoms with Crippen LogP contribution in [0.4, 0.5) is 5.82 Å². The predicted octanol–water partition coefficient (Wildman–Crippen LogP) is 4.75. The first kappa shape index (κ1) is 15.7. The SMILES string of the molecule is CCc1cc(-c2nc(NC(C)C)cs2)nc2cc(OC)ccc12. The molecule has 0 unspecified atom stereocenters. The molecule has 120 valence electrons. The number of anilines is 1. The number of benzene rings is 1. The number of thiazole rings is 1. The number of aromatic nitrogens is 2. The Morgan fingerprint density at radius 3 is 2.74 bits per heavy atom. The molecule has 0 aliphatic heterocycles. The van der Waals surface area contributed by atoms with Crippen molar-refractivity contribution >= 4 is 28.1 Å². The maximum atomic E-state index is 5.33. The lowest BCUT2D eigenvalue weighted by atomic mass is 10.1. The number of pyridine rings is 1. The smallest absolute Gasteiger partial charge is 0.144 e. The standard InChI is InChI=1S/C18H21N3OS/c1-5-12-8-16(18-21-17(10-23-18)19-11(2)3)20-15-9-13(22-4)6-7-14(12)15/h6-11,19H,5H2,1-4H3. The minimum atomic E-state index is 0.366. The van der Waals surface area contributed by atoms with Crippen LogP contribution in [0.3, 0.4) is 0 Å². The first-order chi connectivity index (χ1) is 11.1. The van der Waals surface area contributed by atoms with Crippen LogP contribution in [0.5, 0.6) is 5.75 Å². The van der Waals surface area contributed by atoms with Crippen LogP contribution in [-0.2, 0) is 6.42 Å². The van der Waals surface area contributed by atoms with E-state index in [0.29, 0.717) is 6.04 Å². The van der Waals surface area contributed by atoms with Gasteiger partial charge in [0.05, 0.1) is 18.3 Å². The molecule has 23 heavy (non-hydrogen) atoms. The van der Waals surface area contributed by atoms with E-state index in [9.17, 15) is 0 Å². The number of nitrogens with one attached hydrogen (secondary N) is 1. The van der Waals surface area contributed by atoms with E-state index in [1.165, 1.54) is 10.9 Å². The molecular weight excluding hydrogens is 306 g/mol. The van der Waals surface area contributed by atoms with Crippen molar-refractivity contribution in [2.75, 3.05) is 12.4 Å². The van der Waals surface area contributed by atoms with Gasteiger partial charge in [-0.15, -0.1) is 11.3 Å². The van der Waals surface area contributed by atoms with Gasteiger partial charge in [-0.25, -0.2) is 9.97 Å². The molecule has 3 rings (SSSR count). The Bertz CT molecular complexity index is 826. The lowest BCUT2D eigenvalue weighted by molar-refractivity contribution is 0.415. The topological polar surface area (TPSA) is 47.0 Å². The van der Waals surface area contributed by atoms with Gasteiger partial charge >= 0.3 is 0 Å². The fourth-order valence-corrected chi connectivity index (χ4v) is 3.28. The molecule has 0 amide bonds. The molecule has 0 aliphatic carbocycles. The highest BCUT2D eigenvalue weighted by Gasteiger charge is 2.11. The summed E-state index contributed by atoms with van der Waals surface area (Å²) in [5.74, 6) is 1.73. The van der Waals surface area contributed by atoms with E-state index in [1.807, 2.05) is 17.5 Å². The lowest BCUT2D eigenvalue weighted by Crippen LogP contribution is -2.09. The maximum Gasteiger partial charge on any atom is 0.144 e. The van der Waals surface area contributed by atoms with Crippen molar-refractivity contribution in [3.8, 4) is 16.5 Å². The summed E-state index contributed by atoms with van der Waals surface area (Å²) < 4.78 is 5.33. The predicted molar refractivity (Wildman–Crippen MR) is 97.5 cm³/mol. The molecule has 0 saturated heterocycles. The van der Waals surface area contributed by atoms with Gasteiger partial charge in [0.2, 0.25) is 0 Å². The Balaban J connectivity index is 2.08. The van der Waals surface area contributed by atoms with Gasteiger partial charge in [0.25, 0.3) is 0 Å². The molecule has 0 atom stereocenters. The second-order valence-corrected chi connectivity index (χ2v) is 6.60. The number of ether oxygens (including phenoxy) is 1. The molecule has 3 aromatic rings. The van der Waals surface area contributed by atoms with Crippen LogP contribution in [0.25, 0.3) is 21.6 Å². The van der Waals surface area contributed by atoms with Gasteiger partial charge in [-0.1, -0.05) is 6.92 Å². The van der Waals surface area contributed by atoms with Crippen LogP contribution < -0.4 is 10.1 Å². The summed E-state index contributed by atoms with van der Waals surface area (Å²) in [7, 11) is 1.68. The van der Waals surface area contributed by atoms with Gasteiger partial charge < -0.3 is 10.1 Å². The molecule has 2 aromatic heterocycles.